The number of rotatable bonds is 6. The van der Waals surface area contributed by atoms with Crippen LogP contribution in [0.4, 0.5) is 0 Å². The number of nitrogens with one attached hydrogen (secondary N) is 1. The zero-order valence-electron chi connectivity index (χ0n) is 12.7. The minimum absolute atomic E-state index is 0.286. The average Bonchev–Trinajstić information content (AvgIpc) is 3.00. The van der Waals surface area contributed by atoms with Gasteiger partial charge >= 0.3 is 0 Å². The summed E-state index contributed by atoms with van der Waals surface area (Å²) in [5, 5.41) is 4.03. The summed E-state index contributed by atoms with van der Waals surface area (Å²) in [6.45, 7) is 2.29. The Kier molecular flexibility index (Phi) is 4.35. The van der Waals surface area contributed by atoms with Gasteiger partial charge in [-0.15, -0.1) is 0 Å². The highest BCUT2D eigenvalue weighted by Crippen LogP contribution is 2.10. The predicted molar refractivity (Wildman–Crippen MR) is 85.5 cm³/mol. The number of nitrogens with zero attached hydrogens (tertiary/aromatic N) is 4. The predicted octanol–water partition coefficient (Wildman–Crippen LogP) is 1.34. The molecule has 0 atom stereocenters. The molecule has 0 spiro atoms. The Morgan fingerprint density at radius 3 is 2.74 bits per heavy atom. The van der Waals surface area contributed by atoms with Crippen LogP contribution in [0.5, 0.6) is 0 Å². The molecule has 3 aromatic rings. The summed E-state index contributed by atoms with van der Waals surface area (Å²) in [7, 11) is -3.45. The second kappa shape index (κ2) is 6.43. The SMILES string of the molecule is Cc1ccc(S(=O)(=O)NCCCc2cnc3ncnn3c2)cc1. The maximum Gasteiger partial charge on any atom is 0.252 e. The molecule has 0 aliphatic rings. The van der Waals surface area contributed by atoms with E-state index in [9.17, 15) is 8.42 Å². The van der Waals surface area contributed by atoms with Gasteiger partial charge in [-0.1, -0.05) is 17.7 Å². The smallest absolute Gasteiger partial charge is 0.219 e. The van der Waals surface area contributed by atoms with Gasteiger partial charge in [-0.25, -0.2) is 22.6 Å². The Morgan fingerprint density at radius 1 is 1.17 bits per heavy atom. The molecule has 0 fully saturated rings. The van der Waals surface area contributed by atoms with Crippen molar-refractivity contribution >= 4 is 15.8 Å². The van der Waals surface area contributed by atoms with Crippen LogP contribution in [0.3, 0.4) is 0 Å². The van der Waals surface area contributed by atoms with Crippen molar-refractivity contribution in [1.29, 1.82) is 0 Å². The molecule has 0 saturated heterocycles. The van der Waals surface area contributed by atoms with E-state index in [0.717, 1.165) is 11.1 Å². The molecule has 0 aliphatic carbocycles. The molecule has 0 radical (unpaired) electrons. The van der Waals surface area contributed by atoms with E-state index in [4.69, 9.17) is 0 Å². The van der Waals surface area contributed by atoms with Gasteiger partial charge in [0.2, 0.25) is 10.0 Å². The van der Waals surface area contributed by atoms with Gasteiger partial charge in [0.25, 0.3) is 5.78 Å². The summed E-state index contributed by atoms with van der Waals surface area (Å²) in [5.74, 6) is 0.550. The first-order chi connectivity index (χ1) is 11.0. The van der Waals surface area contributed by atoms with Crippen LogP contribution in [0.15, 0.2) is 47.9 Å². The second-order valence-corrected chi connectivity index (χ2v) is 7.05. The third kappa shape index (κ3) is 3.72. The molecule has 2 aromatic heterocycles. The number of aromatic nitrogens is 4. The molecule has 1 N–H and O–H groups in total. The van der Waals surface area contributed by atoms with Crippen molar-refractivity contribution < 1.29 is 8.42 Å². The first-order valence-electron chi connectivity index (χ1n) is 7.25. The fourth-order valence-electron chi connectivity index (χ4n) is 2.19. The zero-order chi connectivity index (χ0) is 16.3. The molecule has 7 nitrogen and oxygen atoms in total. The molecule has 0 bridgehead atoms. The summed E-state index contributed by atoms with van der Waals surface area (Å²) < 4.78 is 28.5. The number of hydrogen-bond donors (Lipinski definition) is 1. The molecule has 8 heteroatoms. The molecule has 120 valence electrons. The van der Waals surface area contributed by atoms with Gasteiger partial charge in [-0.2, -0.15) is 10.1 Å². The van der Waals surface area contributed by atoms with E-state index in [2.05, 4.69) is 19.8 Å². The van der Waals surface area contributed by atoms with Crippen LogP contribution in [0.1, 0.15) is 17.5 Å². The Bertz CT molecular complexity index is 903. The van der Waals surface area contributed by atoms with E-state index >= 15 is 0 Å². The molecule has 1 aromatic carbocycles. The molecular formula is C15H17N5O2S. The summed E-state index contributed by atoms with van der Waals surface area (Å²) in [4.78, 5) is 8.44. The van der Waals surface area contributed by atoms with Crippen LogP contribution in [-0.2, 0) is 16.4 Å². The lowest BCUT2D eigenvalue weighted by molar-refractivity contribution is 0.579. The molecule has 3 rings (SSSR count). The highest BCUT2D eigenvalue weighted by molar-refractivity contribution is 7.89. The van der Waals surface area contributed by atoms with Crippen molar-refractivity contribution in [3.63, 3.8) is 0 Å². The third-order valence-corrected chi connectivity index (χ3v) is 4.93. The Hall–Kier alpha value is -2.32. The molecule has 0 aliphatic heterocycles. The fraction of sp³-hybridized carbons (Fsp3) is 0.267. The summed E-state index contributed by atoms with van der Waals surface area (Å²) >= 11 is 0. The van der Waals surface area contributed by atoms with Crippen LogP contribution in [-0.4, -0.2) is 34.5 Å². The third-order valence-electron chi connectivity index (χ3n) is 3.45. The van der Waals surface area contributed by atoms with Crippen LogP contribution in [0.25, 0.3) is 5.78 Å². The topological polar surface area (TPSA) is 89.2 Å². The van der Waals surface area contributed by atoms with Crippen molar-refractivity contribution in [2.24, 2.45) is 0 Å². The minimum Gasteiger partial charge on any atom is -0.219 e. The van der Waals surface area contributed by atoms with Gasteiger partial charge in [0.1, 0.15) is 6.33 Å². The molecule has 0 saturated carbocycles. The first kappa shape index (κ1) is 15.6. The van der Waals surface area contributed by atoms with Crippen molar-refractivity contribution in [2.75, 3.05) is 6.54 Å². The largest absolute Gasteiger partial charge is 0.252 e. The molecule has 0 unspecified atom stereocenters. The maximum atomic E-state index is 12.1. The zero-order valence-corrected chi connectivity index (χ0v) is 13.5. The lowest BCUT2D eigenvalue weighted by Gasteiger charge is -2.07. The monoisotopic (exact) mass is 331 g/mol. The number of hydrogen-bond acceptors (Lipinski definition) is 5. The molecule has 0 amide bonds. The summed E-state index contributed by atoms with van der Waals surface area (Å²) in [6.07, 6.45) is 6.41. The Balaban J connectivity index is 1.55. The highest BCUT2D eigenvalue weighted by atomic mass is 32.2. The van der Waals surface area contributed by atoms with Gasteiger partial charge < -0.3 is 0 Å². The van der Waals surface area contributed by atoms with Crippen molar-refractivity contribution in [3.8, 4) is 0 Å². The van der Waals surface area contributed by atoms with Crippen LogP contribution in [0, 0.1) is 6.92 Å². The number of fused-ring (bicyclic) bond motifs is 1. The second-order valence-electron chi connectivity index (χ2n) is 5.28. The lowest BCUT2D eigenvalue weighted by atomic mass is 10.2. The maximum absolute atomic E-state index is 12.1. The van der Waals surface area contributed by atoms with E-state index in [1.165, 1.54) is 6.33 Å². The molecular weight excluding hydrogens is 314 g/mol. The van der Waals surface area contributed by atoms with Gasteiger partial charge in [0.05, 0.1) is 4.90 Å². The van der Waals surface area contributed by atoms with E-state index < -0.39 is 10.0 Å². The normalized spacial score (nSPS) is 11.9. The lowest BCUT2D eigenvalue weighted by Crippen LogP contribution is -2.25. The standard InChI is InChI=1S/C15H17N5O2S/c1-12-4-6-14(7-5-12)23(21,22)19-8-2-3-13-9-16-15-17-11-18-20(15)10-13/h4-7,9-11,19H,2-3,8H2,1H3. The fourth-order valence-corrected chi connectivity index (χ4v) is 3.26. The van der Waals surface area contributed by atoms with Gasteiger partial charge in [-0.3, -0.25) is 0 Å². The number of benzene rings is 1. The highest BCUT2D eigenvalue weighted by Gasteiger charge is 2.12. The quantitative estimate of drug-likeness (QED) is 0.689. The van der Waals surface area contributed by atoms with E-state index in [1.807, 2.05) is 13.1 Å². The van der Waals surface area contributed by atoms with Crippen molar-refractivity contribution in [3.05, 3.63) is 54.1 Å². The summed E-state index contributed by atoms with van der Waals surface area (Å²) in [6, 6.07) is 6.79. The van der Waals surface area contributed by atoms with E-state index in [-0.39, 0.29) is 4.90 Å². The van der Waals surface area contributed by atoms with Gasteiger partial charge in [-0.05, 0) is 37.5 Å². The van der Waals surface area contributed by atoms with Crippen LogP contribution in [0.2, 0.25) is 0 Å². The number of aryl methyl sites for hydroxylation is 2. The Morgan fingerprint density at radius 2 is 1.96 bits per heavy atom. The van der Waals surface area contributed by atoms with Gasteiger partial charge in [0.15, 0.2) is 0 Å². The Labute approximate surface area is 134 Å². The molecule has 23 heavy (non-hydrogen) atoms. The van der Waals surface area contributed by atoms with Crippen molar-refractivity contribution in [2.45, 2.75) is 24.7 Å². The van der Waals surface area contributed by atoms with Crippen LogP contribution >= 0.6 is 0 Å². The molecule has 2 heterocycles. The average molecular weight is 331 g/mol. The number of sulfonamides is 1. The van der Waals surface area contributed by atoms with Gasteiger partial charge in [0, 0.05) is 18.9 Å². The van der Waals surface area contributed by atoms with E-state index in [1.54, 1.807) is 35.0 Å². The van der Waals surface area contributed by atoms with Crippen LogP contribution < -0.4 is 4.72 Å². The first-order valence-corrected chi connectivity index (χ1v) is 8.73. The van der Waals surface area contributed by atoms with Crippen molar-refractivity contribution in [1.82, 2.24) is 24.3 Å². The van der Waals surface area contributed by atoms with E-state index in [0.29, 0.717) is 25.2 Å². The minimum atomic E-state index is -3.45. The summed E-state index contributed by atoms with van der Waals surface area (Å²) in [5.41, 5.74) is 2.01.